The molecular weight excluding hydrogens is 348 g/mol. The molecule has 0 aliphatic heterocycles. The molecule has 0 aliphatic rings. The van der Waals surface area contributed by atoms with Crippen molar-refractivity contribution in [3.63, 3.8) is 0 Å². The summed E-state index contributed by atoms with van der Waals surface area (Å²) in [5.41, 5.74) is 1.38. The average Bonchev–Trinajstić information content (AvgIpc) is 2.59. The number of Topliss-reactive ketones (excluding diaryl/α,β-unsaturated/α-hetero) is 1. The summed E-state index contributed by atoms with van der Waals surface area (Å²) in [5, 5.41) is 0. The Bertz CT molecular complexity index is 669. The Balaban J connectivity index is 2.30. The molecule has 0 saturated carbocycles. The normalized spacial score (nSPS) is 11.6. The topological polar surface area (TPSA) is 44.8 Å². The molecule has 0 spiro atoms. The number of carbonyl (C=O) groups is 1. The summed E-state index contributed by atoms with van der Waals surface area (Å²) >= 11 is 3.46. The largest absolute Gasteiger partial charge is 0.497 e. The van der Waals surface area contributed by atoms with Gasteiger partial charge in [0.05, 0.1) is 21.3 Å². The first-order valence-corrected chi connectivity index (χ1v) is 7.56. The molecule has 2 aromatic carbocycles. The van der Waals surface area contributed by atoms with E-state index in [2.05, 4.69) is 15.9 Å². The number of methoxy groups -OCH3 is 3. The molecule has 0 N–H and O–H groups in total. The maximum atomic E-state index is 12.6. The Hall–Kier alpha value is -2.01. The SMILES string of the molecule is COc1cccc(C(Br)C(=O)c2ccc(OC)c(OC)c2)c1. The minimum atomic E-state index is -0.458. The van der Waals surface area contributed by atoms with Gasteiger partial charge in [-0.05, 0) is 35.9 Å². The van der Waals surface area contributed by atoms with Crippen molar-refractivity contribution < 1.29 is 19.0 Å². The zero-order valence-electron chi connectivity index (χ0n) is 12.6. The van der Waals surface area contributed by atoms with Crippen molar-refractivity contribution in [3.8, 4) is 17.2 Å². The molecule has 1 atom stereocenters. The smallest absolute Gasteiger partial charge is 0.181 e. The number of hydrogen-bond donors (Lipinski definition) is 0. The molecule has 0 radical (unpaired) electrons. The van der Waals surface area contributed by atoms with E-state index in [-0.39, 0.29) is 5.78 Å². The van der Waals surface area contributed by atoms with Crippen LogP contribution in [-0.2, 0) is 0 Å². The molecule has 0 fully saturated rings. The van der Waals surface area contributed by atoms with Crippen LogP contribution in [-0.4, -0.2) is 27.1 Å². The summed E-state index contributed by atoms with van der Waals surface area (Å²) in [6.07, 6.45) is 0. The Labute approximate surface area is 138 Å². The number of ether oxygens (including phenoxy) is 3. The zero-order valence-corrected chi connectivity index (χ0v) is 14.2. The fourth-order valence-corrected chi connectivity index (χ4v) is 2.64. The van der Waals surface area contributed by atoms with Gasteiger partial charge in [0.15, 0.2) is 17.3 Å². The Morgan fingerprint density at radius 3 is 2.32 bits per heavy atom. The van der Waals surface area contributed by atoms with Crippen LogP contribution < -0.4 is 14.2 Å². The van der Waals surface area contributed by atoms with Gasteiger partial charge in [0.25, 0.3) is 0 Å². The van der Waals surface area contributed by atoms with E-state index in [1.54, 1.807) is 39.5 Å². The van der Waals surface area contributed by atoms with Crippen LogP contribution in [0.3, 0.4) is 0 Å². The monoisotopic (exact) mass is 364 g/mol. The third-order valence-corrected chi connectivity index (χ3v) is 4.23. The molecule has 1 unspecified atom stereocenters. The van der Waals surface area contributed by atoms with Gasteiger partial charge in [-0.2, -0.15) is 0 Å². The molecule has 0 saturated heterocycles. The van der Waals surface area contributed by atoms with Gasteiger partial charge in [-0.3, -0.25) is 4.79 Å². The van der Waals surface area contributed by atoms with E-state index in [1.807, 2.05) is 24.3 Å². The van der Waals surface area contributed by atoms with E-state index in [4.69, 9.17) is 14.2 Å². The van der Waals surface area contributed by atoms with E-state index in [9.17, 15) is 4.79 Å². The molecule has 0 heterocycles. The van der Waals surface area contributed by atoms with Crippen LogP contribution in [0.2, 0.25) is 0 Å². The highest BCUT2D eigenvalue weighted by Gasteiger charge is 2.21. The van der Waals surface area contributed by atoms with Crippen molar-refractivity contribution in [2.45, 2.75) is 4.83 Å². The van der Waals surface area contributed by atoms with E-state index < -0.39 is 4.83 Å². The van der Waals surface area contributed by atoms with Crippen LogP contribution in [0.1, 0.15) is 20.7 Å². The lowest BCUT2D eigenvalue weighted by atomic mass is 10.0. The summed E-state index contributed by atoms with van der Waals surface area (Å²) in [7, 11) is 4.70. The van der Waals surface area contributed by atoms with Crippen LogP contribution >= 0.6 is 15.9 Å². The third kappa shape index (κ3) is 3.42. The average molecular weight is 365 g/mol. The van der Waals surface area contributed by atoms with Gasteiger partial charge in [0, 0.05) is 5.56 Å². The molecule has 0 aliphatic carbocycles. The van der Waals surface area contributed by atoms with E-state index >= 15 is 0 Å². The molecule has 2 rings (SSSR count). The molecule has 0 aromatic heterocycles. The maximum Gasteiger partial charge on any atom is 0.181 e. The second-order valence-electron chi connectivity index (χ2n) is 4.57. The lowest BCUT2D eigenvalue weighted by Gasteiger charge is -2.13. The number of halogens is 1. The van der Waals surface area contributed by atoms with Crippen molar-refractivity contribution in [1.29, 1.82) is 0 Å². The summed E-state index contributed by atoms with van der Waals surface area (Å²) in [4.78, 5) is 12.2. The number of carbonyl (C=O) groups excluding carboxylic acids is 1. The van der Waals surface area contributed by atoms with Gasteiger partial charge >= 0.3 is 0 Å². The lowest BCUT2D eigenvalue weighted by molar-refractivity contribution is 0.0991. The molecule has 4 nitrogen and oxygen atoms in total. The highest BCUT2D eigenvalue weighted by Crippen LogP contribution is 2.33. The van der Waals surface area contributed by atoms with Gasteiger partial charge < -0.3 is 14.2 Å². The van der Waals surface area contributed by atoms with Crippen LogP contribution in [0.4, 0.5) is 0 Å². The maximum absolute atomic E-state index is 12.6. The van der Waals surface area contributed by atoms with Crippen molar-refractivity contribution in [3.05, 3.63) is 53.6 Å². The number of benzene rings is 2. The van der Waals surface area contributed by atoms with Gasteiger partial charge in [-0.15, -0.1) is 0 Å². The van der Waals surface area contributed by atoms with Gasteiger partial charge in [-0.1, -0.05) is 28.1 Å². The van der Waals surface area contributed by atoms with Crippen LogP contribution in [0.25, 0.3) is 0 Å². The standard InChI is InChI=1S/C17H17BrO4/c1-20-13-6-4-5-11(9-13)16(18)17(19)12-7-8-14(21-2)15(10-12)22-3/h4-10,16H,1-3H3. The summed E-state index contributed by atoms with van der Waals surface area (Å²) in [6, 6.07) is 12.5. The molecule has 0 amide bonds. The first-order valence-electron chi connectivity index (χ1n) is 6.65. The minimum Gasteiger partial charge on any atom is -0.497 e. The number of ketones is 1. The zero-order chi connectivity index (χ0) is 16.1. The van der Waals surface area contributed by atoms with Gasteiger partial charge in [0.1, 0.15) is 10.6 Å². The molecule has 116 valence electrons. The molecule has 22 heavy (non-hydrogen) atoms. The summed E-state index contributed by atoms with van der Waals surface area (Å²) in [6.45, 7) is 0. The second kappa shape index (κ2) is 7.31. The van der Waals surface area contributed by atoms with E-state index in [1.165, 1.54) is 0 Å². The van der Waals surface area contributed by atoms with Gasteiger partial charge in [-0.25, -0.2) is 0 Å². The first-order chi connectivity index (χ1) is 10.6. The second-order valence-corrected chi connectivity index (χ2v) is 5.49. The van der Waals surface area contributed by atoms with E-state index in [0.29, 0.717) is 22.8 Å². The fraction of sp³-hybridized carbons (Fsp3) is 0.235. The Kier molecular flexibility index (Phi) is 5.44. The van der Waals surface area contributed by atoms with Crippen molar-refractivity contribution in [2.24, 2.45) is 0 Å². The summed E-state index contributed by atoms with van der Waals surface area (Å²) < 4.78 is 15.6. The van der Waals surface area contributed by atoms with Crippen LogP contribution in [0, 0.1) is 0 Å². The van der Waals surface area contributed by atoms with Crippen LogP contribution in [0.5, 0.6) is 17.2 Å². The summed E-state index contributed by atoms with van der Waals surface area (Å²) in [5.74, 6) is 1.77. The van der Waals surface area contributed by atoms with Crippen LogP contribution in [0.15, 0.2) is 42.5 Å². The molecule has 5 heteroatoms. The lowest BCUT2D eigenvalue weighted by Crippen LogP contribution is -2.07. The van der Waals surface area contributed by atoms with Crippen molar-refractivity contribution >= 4 is 21.7 Å². The molecule has 2 aromatic rings. The number of rotatable bonds is 6. The fourth-order valence-electron chi connectivity index (χ4n) is 2.09. The van der Waals surface area contributed by atoms with Crippen molar-refractivity contribution in [2.75, 3.05) is 21.3 Å². The minimum absolute atomic E-state index is 0.0609. The molecular formula is C17H17BrO4. The predicted octanol–water partition coefficient (Wildman–Crippen LogP) is 4.03. The quantitative estimate of drug-likeness (QED) is 0.573. The highest BCUT2D eigenvalue weighted by atomic mass is 79.9. The number of hydrogen-bond acceptors (Lipinski definition) is 4. The first kappa shape index (κ1) is 16.4. The Morgan fingerprint density at radius 2 is 1.68 bits per heavy atom. The Morgan fingerprint density at radius 1 is 0.955 bits per heavy atom. The highest BCUT2D eigenvalue weighted by molar-refractivity contribution is 9.09. The van der Waals surface area contributed by atoms with Gasteiger partial charge in [0.2, 0.25) is 0 Å². The third-order valence-electron chi connectivity index (χ3n) is 3.28. The number of alkyl halides is 1. The van der Waals surface area contributed by atoms with Crippen molar-refractivity contribution in [1.82, 2.24) is 0 Å². The predicted molar refractivity (Wildman–Crippen MR) is 88.5 cm³/mol. The molecule has 0 bridgehead atoms. The van der Waals surface area contributed by atoms with E-state index in [0.717, 1.165) is 5.56 Å².